The minimum Gasteiger partial charge on any atom is -0.453 e. The number of fused-ring (bicyclic) bond motifs is 1. The van der Waals surface area contributed by atoms with E-state index in [0.29, 0.717) is 28.6 Å². The first kappa shape index (κ1) is 23.7. The maximum absolute atomic E-state index is 12.8. The smallest absolute Gasteiger partial charge is 0.375 e. The number of thiazole rings is 1. The van der Waals surface area contributed by atoms with Crippen LogP contribution in [-0.4, -0.2) is 23.5 Å². The van der Waals surface area contributed by atoms with Crippen molar-refractivity contribution in [2.24, 2.45) is 0 Å². The van der Waals surface area contributed by atoms with Gasteiger partial charge in [0.1, 0.15) is 12.2 Å². The Kier molecular flexibility index (Phi) is 7.40. The topological polar surface area (TPSA) is 81.9 Å². The molecule has 0 bridgehead atoms. The largest absolute Gasteiger partial charge is 0.453 e. The van der Waals surface area contributed by atoms with Crippen molar-refractivity contribution in [3.05, 3.63) is 76.5 Å². The maximum Gasteiger partial charge on any atom is 0.375 e. The van der Waals surface area contributed by atoms with Gasteiger partial charge in [-0.2, -0.15) is 0 Å². The second-order valence-electron chi connectivity index (χ2n) is 7.62. The van der Waals surface area contributed by atoms with Crippen LogP contribution in [0.15, 0.2) is 58.3 Å². The lowest BCUT2D eigenvalue weighted by Gasteiger charge is -2.18. The Hall–Kier alpha value is -3.49. The number of hydrogen-bond acceptors (Lipinski definition) is 7. The summed E-state index contributed by atoms with van der Waals surface area (Å²) in [5.41, 5.74) is 3.75. The van der Waals surface area contributed by atoms with Gasteiger partial charge in [0, 0.05) is 29.9 Å². The second kappa shape index (κ2) is 10.6. The van der Waals surface area contributed by atoms with E-state index in [4.69, 9.17) is 13.9 Å². The lowest BCUT2D eigenvalue weighted by atomic mass is 10.1. The number of esters is 1. The lowest BCUT2D eigenvalue weighted by Crippen LogP contribution is -2.22. The summed E-state index contributed by atoms with van der Waals surface area (Å²) in [6, 6.07) is 15.2. The number of hydrogen-bond donors (Lipinski definition) is 0. The summed E-state index contributed by atoms with van der Waals surface area (Å²) >= 11 is 1.32. The number of rotatable bonds is 9. The van der Waals surface area contributed by atoms with Crippen molar-refractivity contribution in [1.29, 1.82) is 0 Å². The molecule has 2 heterocycles. The first-order valence-electron chi connectivity index (χ1n) is 11.1. The van der Waals surface area contributed by atoms with Gasteiger partial charge in [-0.05, 0) is 37.1 Å². The maximum atomic E-state index is 12.8. The molecule has 0 saturated heterocycles. The molecule has 176 valence electrons. The van der Waals surface area contributed by atoms with E-state index in [1.54, 1.807) is 16.3 Å². The van der Waals surface area contributed by atoms with E-state index < -0.39 is 5.97 Å². The molecule has 0 radical (unpaired) electrons. The number of nitrogens with zero attached hydrogens (tertiary/aromatic N) is 2. The number of para-hydroxylation sites is 1. The normalized spacial score (nSPS) is 11.0. The molecule has 7 nitrogen and oxygen atoms in total. The summed E-state index contributed by atoms with van der Waals surface area (Å²) in [5.74, 6) is -0.601. The molecule has 4 rings (SSSR count). The third kappa shape index (κ3) is 5.03. The van der Waals surface area contributed by atoms with Gasteiger partial charge in [-0.15, -0.1) is 11.3 Å². The molecule has 4 aromatic rings. The van der Waals surface area contributed by atoms with Gasteiger partial charge < -0.3 is 13.9 Å². The van der Waals surface area contributed by atoms with Crippen molar-refractivity contribution < 1.29 is 23.5 Å². The van der Waals surface area contributed by atoms with E-state index in [1.807, 2.05) is 49.4 Å². The molecule has 0 unspecified atom stereocenters. The molecule has 0 spiro atoms. The molecule has 0 N–H and O–H groups in total. The number of carbonyl (C=O) groups excluding carboxylic acids is 2. The van der Waals surface area contributed by atoms with Crippen LogP contribution in [0.5, 0.6) is 0 Å². The van der Waals surface area contributed by atoms with E-state index in [9.17, 15) is 9.59 Å². The van der Waals surface area contributed by atoms with Crippen molar-refractivity contribution in [2.75, 3.05) is 11.5 Å². The molecule has 0 fully saturated rings. The van der Waals surface area contributed by atoms with Crippen LogP contribution in [0.4, 0.5) is 10.8 Å². The Morgan fingerprint density at radius 2 is 1.82 bits per heavy atom. The number of carbonyl (C=O) groups is 2. The lowest BCUT2D eigenvalue weighted by molar-refractivity contribution is -0.115. The molecule has 0 saturated carbocycles. The minimum absolute atomic E-state index is 0.0407. The first-order valence-corrected chi connectivity index (χ1v) is 12.0. The van der Waals surface area contributed by atoms with Gasteiger partial charge >= 0.3 is 5.97 Å². The Balaban J connectivity index is 1.50. The fraction of sp³-hybridized carbons (Fsp3) is 0.269. The molecule has 34 heavy (non-hydrogen) atoms. The molecule has 1 amide bonds. The van der Waals surface area contributed by atoms with Crippen LogP contribution in [0, 0.1) is 0 Å². The molecule has 0 aliphatic rings. The van der Waals surface area contributed by atoms with Crippen LogP contribution >= 0.6 is 11.3 Å². The standard InChI is InChI=1S/C26H26N2O5S/c1-4-18-10-12-20(13-11-18)28(17(3)29)26-27-19(16-34-26)14-32-25(30)24-22(15-31-5-2)21-8-6-7-9-23(21)33-24/h6-13,16H,4-5,14-15H2,1-3H3. The average Bonchev–Trinajstić information content (AvgIpc) is 3.46. The fourth-order valence-corrected chi connectivity index (χ4v) is 4.46. The van der Waals surface area contributed by atoms with E-state index in [1.165, 1.54) is 23.8 Å². The number of anilines is 2. The molecule has 0 aliphatic heterocycles. The average molecular weight is 479 g/mol. The molecule has 2 aromatic carbocycles. The highest BCUT2D eigenvalue weighted by atomic mass is 32.1. The van der Waals surface area contributed by atoms with E-state index >= 15 is 0 Å². The zero-order valence-electron chi connectivity index (χ0n) is 19.4. The number of furan rings is 1. The molecular formula is C26H26N2O5S. The van der Waals surface area contributed by atoms with Gasteiger partial charge in [0.15, 0.2) is 5.13 Å². The SMILES string of the molecule is CCOCc1c(C(=O)OCc2csc(N(C(C)=O)c3ccc(CC)cc3)n2)oc2ccccc12. The van der Waals surface area contributed by atoms with Crippen molar-refractivity contribution in [2.45, 2.75) is 40.4 Å². The van der Waals surface area contributed by atoms with Crippen LogP contribution in [0.3, 0.4) is 0 Å². The Morgan fingerprint density at radius 1 is 1.06 bits per heavy atom. The monoisotopic (exact) mass is 478 g/mol. The van der Waals surface area contributed by atoms with Crippen LogP contribution in [-0.2, 0) is 33.9 Å². The van der Waals surface area contributed by atoms with Crippen molar-refractivity contribution in [3.8, 4) is 0 Å². The Labute approximate surface area is 201 Å². The number of ether oxygens (including phenoxy) is 2. The summed E-state index contributed by atoms with van der Waals surface area (Å²) in [5, 5.41) is 3.12. The van der Waals surface area contributed by atoms with Crippen LogP contribution in [0.25, 0.3) is 11.0 Å². The van der Waals surface area contributed by atoms with Gasteiger partial charge in [-0.3, -0.25) is 9.69 Å². The predicted octanol–water partition coefficient (Wildman–Crippen LogP) is 6.03. The van der Waals surface area contributed by atoms with Gasteiger partial charge in [-0.25, -0.2) is 9.78 Å². The summed E-state index contributed by atoms with van der Waals surface area (Å²) in [4.78, 5) is 31.3. The first-order chi connectivity index (χ1) is 16.5. The molecule has 0 aliphatic carbocycles. The van der Waals surface area contributed by atoms with Gasteiger partial charge in [0.25, 0.3) is 0 Å². The zero-order valence-corrected chi connectivity index (χ0v) is 20.2. The quantitative estimate of drug-likeness (QED) is 0.273. The van der Waals surface area contributed by atoms with E-state index in [0.717, 1.165) is 17.5 Å². The summed E-state index contributed by atoms with van der Waals surface area (Å²) < 4.78 is 16.8. The summed E-state index contributed by atoms with van der Waals surface area (Å²) in [7, 11) is 0. The number of amides is 1. The number of aromatic nitrogens is 1. The zero-order chi connectivity index (χ0) is 24.1. The van der Waals surface area contributed by atoms with Crippen molar-refractivity contribution >= 4 is 45.0 Å². The third-order valence-electron chi connectivity index (χ3n) is 5.33. The predicted molar refractivity (Wildman–Crippen MR) is 131 cm³/mol. The minimum atomic E-state index is -0.584. The third-order valence-corrected chi connectivity index (χ3v) is 6.21. The molecule has 0 atom stereocenters. The fourth-order valence-electron chi connectivity index (χ4n) is 3.59. The highest BCUT2D eigenvalue weighted by molar-refractivity contribution is 7.14. The summed E-state index contributed by atoms with van der Waals surface area (Å²) in [6.45, 7) is 6.20. The number of benzene rings is 2. The van der Waals surface area contributed by atoms with Crippen molar-refractivity contribution in [3.63, 3.8) is 0 Å². The highest BCUT2D eigenvalue weighted by Gasteiger charge is 2.23. The summed E-state index contributed by atoms with van der Waals surface area (Å²) in [6.07, 6.45) is 0.921. The van der Waals surface area contributed by atoms with Gasteiger partial charge in [0.05, 0.1) is 18.0 Å². The van der Waals surface area contributed by atoms with Crippen LogP contribution < -0.4 is 4.90 Å². The van der Waals surface area contributed by atoms with E-state index in [2.05, 4.69) is 11.9 Å². The van der Waals surface area contributed by atoms with Gasteiger partial charge in [0.2, 0.25) is 11.7 Å². The second-order valence-corrected chi connectivity index (χ2v) is 8.45. The molecule has 8 heteroatoms. The molecular weight excluding hydrogens is 452 g/mol. The van der Waals surface area contributed by atoms with Crippen LogP contribution in [0.2, 0.25) is 0 Å². The Bertz CT molecular complexity index is 1290. The highest BCUT2D eigenvalue weighted by Crippen LogP contribution is 2.30. The van der Waals surface area contributed by atoms with Gasteiger partial charge in [-0.1, -0.05) is 37.3 Å². The van der Waals surface area contributed by atoms with Crippen molar-refractivity contribution in [1.82, 2.24) is 4.98 Å². The van der Waals surface area contributed by atoms with Crippen LogP contribution in [0.1, 0.15) is 48.1 Å². The number of aryl methyl sites for hydroxylation is 1. The Morgan fingerprint density at radius 3 is 2.53 bits per heavy atom. The van der Waals surface area contributed by atoms with E-state index in [-0.39, 0.29) is 24.9 Å². The molecule has 2 aromatic heterocycles.